The van der Waals surface area contributed by atoms with Gasteiger partial charge in [-0.05, 0) is 37.1 Å². The standard InChI is InChI=1S/C23H19N2O/c1-15-8-10-18(11-9-15)23-19(17-6-4-3-5-7-17)14-20-21(25-23)12-13-24-22(20)16(2)26/h3-14,16,26H,1H2,2H3. The van der Waals surface area contributed by atoms with E-state index < -0.39 is 6.10 Å². The summed E-state index contributed by atoms with van der Waals surface area (Å²) in [6.07, 6.45) is 1.04. The molecule has 3 heteroatoms. The highest BCUT2D eigenvalue weighted by Crippen LogP contribution is 2.35. The summed E-state index contributed by atoms with van der Waals surface area (Å²) in [6, 6.07) is 22.2. The van der Waals surface area contributed by atoms with Gasteiger partial charge in [-0.15, -0.1) is 0 Å². The number of aromatic nitrogens is 2. The number of aliphatic hydroxyl groups excluding tert-OH is 1. The average molecular weight is 339 g/mol. The van der Waals surface area contributed by atoms with Crippen LogP contribution in [-0.4, -0.2) is 15.1 Å². The fraction of sp³-hybridized carbons (Fsp3) is 0.0870. The minimum atomic E-state index is -0.652. The van der Waals surface area contributed by atoms with Gasteiger partial charge in [0.15, 0.2) is 0 Å². The Morgan fingerprint density at radius 2 is 1.65 bits per heavy atom. The first-order valence-corrected chi connectivity index (χ1v) is 8.59. The molecule has 26 heavy (non-hydrogen) atoms. The maximum absolute atomic E-state index is 10.1. The number of benzene rings is 2. The van der Waals surface area contributed by atoms with E-state index >= 15 is 0 Å². The molecule has 3 nitrogen and oxygen atoms in total. The van der Waals surface area contributed by atoms with Crippen LogP contribution in [0.15, 0.2) is 72.9 Å². The molecule has 0 amide bonds. The number of nitrogens with zero attached hydrogens (tertiary/aromatic N) is 2. The fourth-order valence-corrected chi connectivity index (χ4v) is 3.17. The van der Waals surface area contributed by atoms with E-state index in [1.807, 2.05) is 48.5 Å². The third kappa shape index (κ3) is 2.98. The Kier molecular flexibility index (Phi) is 4.23. The summed E-state index contributed by atoms with van der Waals surface area (Å²) in [7, 11) is 0. The molecule has 0 spiro atoms. The van der Waals surface area contributed by atoms with E-state index in [-0.39, 0.29) is 0 Å². The lowest BCUT2D eigenvalue weighted by atomic mass is 9.96. The minimum absolute atomic E-state index is 0.645. The first-order chi connectivity index (χ1) is 12.6. The van der Waals surface area contributed by atoms with Gasteiger partial charge in [-0.3, -0.25) is 4.98 Å². The quantitative estimate of drug-likeness (QED) is 0.558. The molecule has 0 saturated heterocycles. The number of aliphatic hydroxyl groups is 1. The van der Waals surface area contributed by atoms with Crippen molar-refractivity contribution in [3.05, 3.63) is 91.1 Å². The lowest BCUT2D eigenvalue weighted by Crippen LogP contribution is -1.99. The largest absolute Gasteiger partial charge is 0.387 e. The predicted octanol–water partition coefficient (Wildman–Crippen LogP) is 5.20. The van der Waals surface area contributed by atoms with E-state index in [0.717, 1.165) is 38.9 Å². The zero-order chi connectivity index (χ0) is 18.1. The maximum atomic E-state index is 10.1. The molecule has 127 valence electrons. The van der Waals surface area contributed by atoms with Crippen LogP contribution >= 0.6 is 0 Å². The van der Waals surface area contributed by atoms with Crippen LogP contribution in [0.2, 0.25) is 0 Å². The van der Waals surface area contributed by atoms with Crippen LogP contribution in [0, 0.1) is 6.92 Å². The summed E-state index contributed by atoms with van der Waals surface area (Å²) in [6.45, 7) is 5.69. The number of rotatable bonds is 3. The van der Waals surface area contributed by atoms with Crippen molar-refractivity contribution < 1.29 is 5.11 Å². The smallest absolute Gasteiger partial charge is 0.0938 e. The molecule has 1 N–H and O–H groups in total. The Labute approximate surface area is 153 Å². The van der Waals surface area contributed by atoms with Gasteiger partial charge >= 0.3 is 0 Å². The summed E-state index contributed by atoms with van der Waals surface area (Å²) < 4.78 is 0. The van der Waals surface area contributed by atoms with Gasteiger partial charge in [0.25, 0.3) is 0 Å². The highest BCUT2D eigenvalue weighted by molar-refractivity contribution is 5.92. The van der Waals surface area contributed by atoms with E-state index in [2.05, 4.69) is 30.1 Å². The van der Waals surface area contributed by atoms with Gasteiger partial charge < -0.3 is 5.11 Å². The molecular weight excluding hydrogens is 320 g/mol. The van der Waals surface area contributed by atoms with Crippen LogP contribution in [0.25, 0.3) is 33.3 Å². The van der Waals surface area contributed by atoms with Gasteiger partial charge in [0.1, 0.15) is 0 Å². The summed E-state index contributed by atoms with van der Waals surface area (Å²) in [5, 5.41) is 11.0. The van der Waals surface area contributed by atoms with Crippen molar-refractivity contribution in [1.82, 2.24) is 9.97 Å². The van der Waals surface area contributed by atoms with Crippen molar-refractivity contribution in [2.45, 2.75) is 13.0 Å². The van der Waals surface area contributed by atoms with Crippen LogP contribution in [0.3, 0.4) is 0 Å². The Morgan fingerprint density at radius 1 is 0.923 bits per heavy atom. The summed E-state index contributed by atoms with van der Waals surface area (Å²) >= 11 is 0. The fourth-order valence-electron chi connectivity index (χ4n) is 3.17. The molecule has 2 aromatic carbocycles. The molecule has 0 fully saturated rings. The molecule has 4 rings (SSSR count). The number of fused-ring (bicyclic) bond motifs is 1. The number of hydrogen-bond donors (Lipinski definition) is 1. The van der Waals surface area contributed by atoms with Crippen molar-refractivity contribution in [3.63, 3.8) is 0 Å². The molecule has 2 heterocycles. The van der Waals surface area contributed by atoms with Crippen molar-refractivity contribution >= 4 is 10.9 Å². The van der Waals surface area contributed by atoms with Gasteiger partial charge in [0.2, 0.25) is 0 Å². The van der Waals surface area contributed by atoms with Gasteiger partial charge in [-0.25, -0.2) is 4.98 Å². The Hall–Kier alpha value is -3.04. The highest BCUT2D eigenvalue weighted by Gasteiger charge is 2.15. The van der Waals surface area contributed by atoms with Crippen LogP contribution in [0.5, 0.6) is 0 Å². The number of pyridine rings is 2. The van der Waals surface area contributed by atoms with Gasteiger partial charge in [0, 0.05) is 22.7 Å². The van der Waals surface area contributed by atoms with E-state index in [1.165, 1.54) is 0 Å². The van der Waals surface area contributed by atoms with Gasteiger partial charge in [-0.1, -0.05) is 54.6 Å². The number of hydrogen-bond acceptors (Lipinski definition) is 3. The van der Waals surface area contributed by atoms with Crippen molar-refractivity contribution in [2.24, 2.45) is 0 Å². The second-order valence-corrected chi connectivity index (χ2v) is 6.39. The predicted molar refractivity (Wildman–Crippen MR) is 106 cm³/mol. The van der Waals surface area contributed by atoms with Gasteiger partial charge in [0.05, 0.1) is 23.0 Å². The molecule has 0 aliphatic heterocycles. The molecule has 4 aromatic rings. The van der Waals surface area contributed by atoms with Crippen LogP contribution < -0.4 is 0 Å². The van der Waals surface area contributed by atoms with E-state index in [0.29, 0.717) is 5.69 Å². The molecule has 1 radical (unpaired) electrons. The maximum Gasteiger partial charge on any atom is 0.0938 e. The third-order valence-corrected chi connectivity index (χ3v) is 4.48. The van der Waals surface area contributed by atoms with Crippen LogP contribution in [0.4, 0.5) is 0 Å². The van der Waals surface area contributed by atoms with Crippen molar-refractivity contribution in [2.75, 3.05) is 0 Å². The molecule has 0 aliphatic carbocycles. The second kappa shape index (κ2) is 6.70. The summed E-state index contributed by atoms with van der Waals surface area (Å²) in [5.41, 5.74) is 6.48. The monoisotopic (exact) mass is 339 g/mol. The first-order valence-electron chi connectivity index (χ1n) is 8.59. The van der Waals surface area contributed by atoms with E-state index in [1.54, 1.807) is 13.1 Å². The third-order valence-electron chi connectivity index (χ3n) is 4.48. The zero-order valence-electron chi connectivity index (χ0n) is 14.6. The Morgan fingerprint density at radius 3 is 2.35 bits per heavy atom. The van der Waals surface area contributed by atoms with Gasteiger partial charge in [-0.2, -0.15) is 0 Å². The molecule has 0 aliphatic rings. The molecule has 1 unspecified atom stereocenters. The summed E-state index contributed by atoms with van der Waals surface area (Å²) in [4.78, 5) is 9.28. The minimum Gasteiger partial charge on any atom is -0.387 e. The molecule has 1 atom stereocenters. The Balaban J connectivity index is 2.04. The average Bonchev–Trinajstić information content (AvgIpc) is 2.67. The molecule has 0 saturated carbocycles. The zero-order valence-corrected chi connectivity index (χ0v) is 14.6. The van der Waals surface area contributed by atoms with E-state index in [9.17, 15) is 5.11 Å². The first kappa shape index (κ1) is 16.4. The topological polar surface area (TPSA) is 46.0 Å². The highest BCUT2D eigenvalue weighted by atomic mass is 16.3. The molecule has 0 bridgehead atoms. The SMILES string of the molecule is [CH2]c1ccc(-c2nc3ccnc(C(C)O)c3cc2-c2ccccc2)cc1. The normalized spacial score (nSPS) is 12.3. The van der Waals surface area contributed by atoms with E-state index in [4.69, 9.17) is 4.98 Å². The van der Waals surface area contributed by atoms with Crippen molar-refractivity contribution in [1.29, 1.82) is 0 Å². The summed E-state index contributed by atoms with van der Waals surface area (Å²) in [5.74, 6) is 0. The van der Waals surface area contributed by atoms with Crippen LogP contribution in [-0.2, 0) is 0 Å². The Bertz CT molecular complexity index is 1050. The second-order valence-electron chi connectivity index (χ2n) is 6.39. The lowest BCUT2D eigenvalue weighted by molar-refractivity contribution is 0.196. The van der Waals surface area contributed by atoms with Crippen molar-refractivity contribution in [3.8, 4) is 22.4 Å². The van der Waals surface area contributed by atoms with Crippen LogP contribution in [0.1, 0.15) is 24.3 Å². The lowest BCUT2D eigenvalue weighted by Gasteiger charge is -2.14. The molecular formula is C23H19N2O. The molecule has 2 aromatic heterocycles.